The van der Waals surface area contributed by atoms with E-state index in [0.29, 0.717) is 0 Å². The van der Waals surface area contributed by atoms with Gasteiger partial charge in [-0.25, -0.2) is 0 Å². The molecule has 0 saturated carbocycles. The summed E-state index contributed by atoms with van der Waals surface area (Å²) in [5.41, 5.74) is 9.08. The van der Waals surface area contributed by atoms with Crippen molar-refractivity contribution in [3.63, 3.8) is 0 Å². The molecule has 0 spiro atoms. The Morgan fingerprint density at radius 1 is 1.10 bits per heavy atom. The molecule has 0 aromatic heterocycles. The molecule has 0 aliphatic rings. The van der Waals surface area contributed by atoms with Crippen molar-refractivity contribution in [2.75, 3.05) is 24.3 Å². The molecule has 0 saturated heterocycles. The van der Waals surface area contributed by atoms with E-state index in [1.807, 2.05) is 24.3 Å². The highest BCUT2D eigenvalue weighted by Gasteiger charge is 2.09. The van der Waals surface area contributed by atoms with Crippen LogP contribution in [0.1, 0.15) is 18.9 Å². The number of nitrogens with zero attached hydrogens (tertiary/aromatic N) is 1. The van der Waals surface area contributed by atoms with Crippen molar-refractivity contribution in [3.8, 4) is 5.75 Å². The molecule has 3 heteroatoms. The van der Waals surface area contributed by atoms with E-state index in [0.717, 1.165) is 36.6 Å². The highest BCUT2D eigenvalue weighted by Crippen LogP contribution is 2.26. The monoisotopic (exact) mass is 270 g/mol. The fourth-order valence-electron chi connectivity index (χ4n) is 2.28. The first-order chi connectivity index (χ1) is 9.72. The number of nitrogens with two attached hydrogens (primary N) is 1. The zero-order valence-corrected chi connectivity index (χ0v) is 12.2. The molecule has 0 fully saturated rings. The average molecular weight is 270 g/mol. The molecule has 0 amide bonds. The molecule has 0 radical (unpaired) electrons. The van der Waals surface area contributed by atoms with Gasteiger partial charge < -0.3 is 15.4 Å². The Morgan fingerprint density at radius 2 is 1.85 bits per heavy atom. The molecule has 2 rings (SSSR count). The number of nitrogen functional groups attached to an aromatic ring is 1. The van der Waals surface area contributed by atoms with Crippen molar-refractivity contribution < 1.29 is 4.74 Å². The maximum atomic E-state index is 5.96. The average Bonchev–Trinajstić information content (AvgIpc) is 2.47. The largest absolute Gasteiger partial charge is 0.497 e. The van der Waals surface area contributed by atoms with Crippen LogP contribution >= 0.6 is 0 Å². The Bertz CT molecular complexity index is 540. The number of rotatable bonds is 6. The maximum absolute atomic E-state index is 5.96. The van der Waals surface area contributed by atoms with E-state index in [2.05, 4.69) is 36.1 Å². The van der Waals surface area contributed by atoms with Crippen LogP contribution in [0, 0.1) is 0 Å². The zero-order chi connectivity index (χ0) is 14.4. The van der Waals surface area contributed by atoms with Crippen LogP contribution in [0.3, 0.4) is 0 Å². The Kier molecular flexibility index (Phi) is 4.88. The van der Waals surface area contributed by atoms with Crippen molar-refractivity contribution in [1.82, 2.24) is 0 Å². The zero-order valence-electron chi connectivity index (χ0n) is 12.2. The van der Waals surface area contributed by atoms with E-state index in [1.165, 1.54) is 5.56 Å². The van der Waals surface area contributed by atoms with Crippen LogP contribution in [0.25, 0.3) is 0 Å². The topological polar surface area (TPSA) is 38.5 Å². The molecule has 0 aliphatic carbocycles. The molecule has 0 heterocycles. The molecule has 0 bridgehead atoms. The summed E-state index contributed by atoms with van der Waals surface area (Å²) in [6.07, 6.45) is 1.09. The van der Waals surface area contributed by atoms with Gasteiger partial charge in [0.1, 0.15) is 5.75 Å². The van der Waals surface area contributed by atoms with Crippen molar-refractivity contribution in [3.05, 3.63) is 54.1 Å². The Morgan fingerprint density at radius 3 is 2.50 bits per heavy atom. The fraction of sp³-hybridized carbons (Fsp3) is 0.294. The van der Waals surface area contributed by atoms with E-state index in [9.17, 15) is 0 Å². The molecule has 2 aromatic rings. The van der Waals surface area contributed by atoms with Crippen LogP contribution in [-0.4, -0.2) is 13.7 Å². The van der Waals surface area contributed by atoms with Gasteiger partial charge in [-0.2, -0.15) is 0 Å². The number of hydrogen-bond donors (Lipinski definition) is 1. The molecule has 2 N–H and O–H groups in total. The second-order valence-corrected chi connectivity index (χ2v) is 4.87. The van der Waals surface area contributed by atoms with Crippen molar-refractivity contribution in [2.45, 2.75) is 19.9 Å². The van der Waals surface area contributed by atoms with Gasteiger partial charge in [0.05, 0.1) is 7.11 Å². The molecule has 2 aromatic carbocycles. The van der Waals surface area contributed by atoms with Crippen LogP contribution in [0.2, 0.25) is 0 Å². The fourth-order valence-corrected chi connectivity index (χ4v) is 2.28. The minimum Gasteiger partial charge on any atom is -0.497 e. The number of hydrogen-bond acceptors (Lipinski definition) is 3. The van der Waals surface area contributed by atoms with Gasteiger partial charge in [-0.3, -0.25) is 0 Å². The summed E-state index contributed by atoms with van der Waals surface area (Å²) in [7, 11) is 1.67. The van der Waals surface area contributed by atoms with Crippen molar-refractivity contribution >= 4 is 11.4 Å². The summed E-state index contributed by atoms with van der Waals surface area (Å²) >= 11 is 0. The lowest BCUT2D eigenvalue weighted by atomic mass is 10.1. The van der Waals surface area contributed by atoms with E-state index in [4.69, 9.17) is 10.5 Å². The van der Waals surface area contributed by atoms with E-state index in [-0.39, 0.29) is 0 Å². The minimum absolute atomic E-state index is 0.730. The van der Waals surface area contributed by atoms with Gasteiger partial charge in [0.15, 0.2) is 0 Å². The molecule has 20 heavy (non-hydrogen) atoms. The summed E-state index contributed by atoms with van der Waals surface area (Å²) < 4.78 is 5.31. The Labute approximate surface area is 121 Å². The molecule has 3 nitrogen and oxygen atoms in total. The van der Waals surface area contributed by atoms with Gasteiger partial charge in [-0.1, -0.05) is 37.3 Å². The lowest BCUT2D eigenvalue weighted by Gasteiger charge is -2.25. The molecular formula is C17H22N2O. The third-order valence-corrected chi connectivity index (χ3v) is 3.22. The molecule has 0 unspecified atom stereocenters. The van der Waals surface area contributed by atoms with Crippen LogP contribution in [0.4, 0.5) is 11.4 Å². The standard InChI is InChI=1S/C17H22N2O/c1-3-9-19(13-14-7-5-4-6-8-14)16-10-15(18)11-17(12-16)20-2/h4-8,10-12H,3,9,13,18H2,1-2H3. The number of benzene rings is 2. The first kappa shape index (κ1) is 14.3. The second-order valence-electron chi connectivity index (χ2n) is 4.87. The summed E-state index contributed by atoms with van der Waals surface area (Å²) in [6, 6.07) is 16.3. The van der Waals surface area contributed by atoms with E-state index < -0.39 is 0 Å². The van der Waals surface area contributed by atoms with Gasteiger partial charge in [0, 0.05) is 36.6 Å². The van der Waals surface area contributed by atoms with Crippen molar-refractivity contribution in [2.24, 2.45) is 0 Å². The summed E-state index contributed by atoms with van der Waals surface area (Å²) in [5.74, 6) is 0.800. The third kappa shape index (κ3) is 3.67. The van der Waals surface area contributed by atoms with Gasteiger partial charge >= 0.3 is 0 Å². The molecule has 0 aliphatic heterocycles. The van der Waals surface area contributed by atoms with Gasteiger partial charge in [-0.05, 0) is 18.1 Å². The first-order valence-corrected chi connectivity index (χ1v) is 6.96. The van der Waals surface area contributed by atoms with Crippen LogP contribution in [0.5, 0.6) is 5.75 Å². The predicted octanol–water partition coefficient (Wildman–Crippen LogP) is 3.69. The van der Waals surface area contributed by atoms with Gasteiger partial charge in [0.25, 0.3) is 0 Å². The van der Waals surface area contributed by atoms with E-state index >= 15 is 0 Å². The van der Waals surface area contributed by atoms with Crippen LogP contribution in [-0.2, 0) is 6.54 Å². The van der Waals surface area contributed by atoms with Crippen LogP contribution < -0.4 is 15.4 Å². The molecular weight excluding hydrogens is 248 g/mol. The summed E-state index contributed by atoms with van der Waals surface area (Å²) in [6.45, 7) is 4.05. The predicted molar refractivity (Wildman–Crippen MR) is 85.2 cm³/mol. The number of anilines is 2. The summed E-state index contributed by atoms with van der Waals surface area (Å²) in [4.78, 5) is 2.33. The Hall–Kier alpha value is -2.16. The summed E-state index contributed by atoms with van der Waals surface area (Å²) in [5, 5.41) is 0. The smallest absolute Gasteiger partial charge is 0.122 e. The van der Waals surface area contributed by atoms with Crippen LogP contribution in [0.15, 0.2) is 48.5 Å². The lowest BCUT2D eigenvalue weighted by Crippen LogP contribution is -2.23. The van der Waals surface area contributed by atoms with Gasteiger partial charge in [0.2, 0.25) is 0 Å². The molecule has 0 atom stereocenters. The normalized spacial score (nSPS) is 10.3. The first-order valence-electron chi connectivity index (χ1n) is 6.96. The molecule has 106 valence electrons. The Balaban J connectivity index is 2.26. The highest BCUT2D eigenvalue weighted by atomic mass is 16.5. The number of ether oxygens (including phenoxy) is 1. The minimum atomic E-state index is 0.730. The quantitative estimate of drug-likeness (QED) is 0.813. The van der Waals surface area contributed by atoms with Gasteiger partial charge in [-0.15, -0.1) is 0 Å². The number of methoxy groups -OCH3 is 1. The highest BCUT2D eigenvalue weighted by molar-refractivity contribution is 5.60. The third-order valence-electron chi connectivity index (χ3n) is 3.22. The second kappa shape index (κ2) is 6.85. The lowest BCUT2D eigenvalue weighted by molar-refractivity contribution is 0.415. The maximum Gasteiger partial charge on any atom is 0.122 e. The van der Waals surface area contributed by atoms with E-state index in [1.54, 1.807) is 7.11 Å². The SMILES string of the molecule is CCCN(Cc1ccccc1)c1cc(N)cc(OC)c1. The van der Waals surface area contributed by atoms with Crippen molar-refractivity contribution in [1.29, 1.82) is 0 Å².